The Hall–Kier alpha value is -3.14. The number of hydrogen-bond acceptors (Lipinski definition) is 4. The number of benzene rings is 2. The van der Waals surface area contributed by atoms with Gasteiger partial charge >= 0.3 is 0 Å². The molecule has 2 aromatic heterocycles. The van der Waals surface area contributed by atoms with E-state index in [1.54, 1.807) is 13.3 Å². The maximum absolute atomic E-state index is 5.87. The molecular weight excluding hydrogens is 300 g/mol. The van der Waals surface area contributed by atoms with Crippen molar-refractivity contribution in [1.29, 1.82) is 0 Å². The molecule has 0 radical (unpaired) electrons. The number of oxazole rings is 1. The number of methoxy groups -OCH3 is 1. The van der Waals surface area contributed by atoms with E-state index in [0.29, 0.717) is 5.89 Å². The van der Waals surface area contributed by atoms with E-state index in [4.69, 9.17) is 9.15 Å². The second-order valence-electron chi connectivity index (χ2n) is 5.62. The normalized spacial score (nSPS) is 10.9. The van der Waals surface area contributed by atoms with Crippen LogP contribution in [0.15, 0.2) is 65.2 Å². The molecule has 4 aromatic rings. The van der Waals surface area contributed by atoms with Gasteiger partial charge in [-0.15, -0.1) is 0 Å². The van der Waals surface area contributed by atoms with Crippen molar-refractivity contribution in [2.45, 2.75) is 6.92 Å². The first-order valence-electron chi connectivity index (χ1n) is 7.71. The second kappa shape index (κ2) is 5.81. The van der Waals surface area contributed by atoms with Gasteiger partial charge in [-0.1, -0.05) is 12.1 Å². The quantitative estimate of drug-likeness (QED) is 0.541. The average Bonchev–Trinajstić information content (AvgIpc) is 3.05. The Labute approximate surface area is 139 Å². The smallest absolute Gasteiger partial charge is 0.227 e. The summed E-state index contributed by atoms with van der Waals surface area (Å²) >= 11 is 0. The van der Waals surface area contributed by atoms with Crippen molar-refractivity contribution in [3.8, 4) is 28.5 Å². The third-order valence-corrected chi connectivity index (χ3v) is 3.93. The average molecular weight is 316 g/mol. The van der Waals surface area contributed by atoms with Crippen molar-refractivity contribution in [2.24, 2.45) is 0 Å². The molecule has 0 unspecified atom stereocenters. The molecule has 0 amide bonds. The maximum Gasteiger partial charge on any atom is 0.227 e. The van der Waals surface area contributed by atoms with Crippen molar-refractivity contribution in [2.75, 3.05) is 7.11 Å². The highest BCUT2D eigenvalue weighted by Crippen LogP contribution is 2.34. The summed E-state index contributed by atoms with van der Waals surface area (Å²) in [5.74, 6) is 1.33. The Morgan fingerprint density at radius 2 is 1.92 bits per heavy atom. The van der Waals surface area contributed by atoms with Gasteiger partial charge in [-0.3, -0.25) is 4.98 Å². The van der Waals surface area contributed by atoms with E-state index in [1.165, 1.54) is 0 Å². The number of aromatic nitrogens is 2. The van der Waals surface area contributed by atoms with Crippen molar-refractivity contribution in [1.82, 2.24) is 9.97 Å². The third-order valence-electron chi connectivity index (χ3n) is 3.93. The van der Waals surface area contributed by atoms with Gasteiger partial charge in [0.15, 0.2) is 5.58 Å². The van der Waals surface area contributed by atoms with Crippen LogP contribution in [-0.4, -0.2) is 17.1 Å². The second-order valence-corrected chi connectivity index (χ2v) is 5.62. The molecule has 24 heavy (non-hydrogen) atoms. The highest BCUT2D eigenvalue weighted by atomic mass is 16.5. The zero-order valence-electron chi connectivity index (χ0n) is 13.5. The van der Waals surface area contributed by atoms with Crippen molar-refractivity contribution in [3.63, 3.8) is 0 Å². The van der Waals surface area contributed by atoms with E-state index in [2.05, 4.69) is 9.97 Å². The van der Waals surface area contributed by atoms with Crippen molar-refractivity contribution < 1.29 is 9.15 Å². The minimum atomic E-state index is 0.585. The lowest BCUT2D eigenvalue weighted by molar-refractivity contribution is 0.416. The highest BCUT2D eigenvalue weighted by molar-refractivity contribution is 5.78. The van der Waals surface area contributed by atoms with Gasteiger partial charge in [0.25, 0.3) is 0 Å². The van der Waals surface area contributed by atoms with Crippen molar-refractivity contribution in [3.05, 3.63) is 66.4 Å². The summed E-state index contributed by atoms with van der Waals surface area (Å²) in [7, 11) is 1.65. The van der Waals surface area contributed by atoms with Crippen LogP contribution in [0.1, 0.15) is 5.56 Å². The van der Waals surface area contributed by atoms with Crippen LogP contribution >= 0.6 is 0 Å². The summed E-state index contributed by atoms with van der Waals surface area (Å²) in [4.78, 5) is 8.97. The molecule has 4 nitrogen and oxygen atoms in total. The van der Waals surface area contributed by atoms with Gasteiger partial charge < -0.3 is 9.15 Å². The number of pyridine rings is 1. The van der Waals surface area contributed by atoms with Gasteiger partial charge in [0, 0.05) is 17.3 Å². The van der Waals surface area contributed by atoms with E-state index in [0.717, 1.165) is 39.2 Å². The lowest BCUT2D eigenvalue weighted by atomic mass is 10.1. The summed E-state index contributed by atoms with van der Waals surface area (Å²) in [6.45, 7) is 2.04. The molecule has 4 heteroatoms. The number of aryl methyl sites for hydroxylation is 1. The topological polar surface area (TPSA) is 48.2 Å². The summed E-state index contributed by atoms with van der Waals surface area (Å²) in [5.41, 5.74) is 5.48. The molecule has 0 saturated heterocycles. The first-order valence-corrected chi connectivity index (χ1v) is 7.71. The van der Waals surface area contributed by atoms with Gasteiger partial charge in [-0.2, -0.15) is 0 Å². The van der Waals surface area contributed by atoms with Crippen LogP contribution in [-0.2, 0) is 0 Å². The van der Waals surface area contributed by atoms with E-state index in [1.807, 2.05) is 61.5 Å². The Kier molecular flexibility index (Phi) is 3.50. The van der Waals surface area contributed by atoms with E-state index < -0.39 is 0 Å². The lowest BCUT2D eigenvalue weighted by Crippen LogP contribution is -1.91. The van der Waals surface area contributed by atoms with Gasteiger partial charge in [0.2, 0.25) is 5.89 Å². The van der Waals surface area contributed by atoms with Crippen molar-refractivity contribution >= 4 is 11.1 Å². The largest absolute Gasteiger partial charge is 0.496 e. The summed E-state index contributed by atoms with van der Waals surface area (Å²) in [6, 6.07) is 17.7. The van der Waals surface area contributed by atoms with Crippen LogP contribution in [0.5, 0.6) is 5.75 Å². The monoisotopic (exact) mass is 316 g/mol. The van der Waals surface area contributed by atoms with Crippen LogP contribution < -0.4 is 4.74 Å². The van der Waals surface area contributed by atoms with Gasteiger partial charge in [0.05, 0.1) is 12.8 Å². The number of ether oxygens (including phenoxy) is 1. The Bertz CT molecular complexity index is 1010. The van der Waals surface area contributed by atoms with E-state index in [-0.39, 0.29) is 0 Å². The van der Waals surface area contributed by atoms with Crippen LogP contribution in [0.25, 0.3) is 33.8 Å². The highest BCUT2D eigenvalue weighted by Gasteiger charge is 2.13. The zero-order chi connectivity index (χ0) is 16.5. The molecule has 2 aromatic carbocycles. The molecule has 0 spiro atoms. The van der Waals surface area contributed by atoms with E-state index in [9.17, 15) is 0 Å². The fourth-order valence-corrected chi connectivity index (χ4v) is 2.72. The van der Waals surface area contributed by atoms with Gasteiger partial charge in [-0.25, -0.2) is 4.98 Å². The van der Waals surface area contributed by atoms with Crippen LogP contribution in [0.3, 0.4) is 0 Å². The first-order chi connectivity index (χ1) is 11.7. The molecular formula is C20H16N2O2. The maximum atomic E-state index is 5.87. The molecule has 0 N–H and O–H groups in total. The van der Waals surface area contributed by atoms with Gasteiger partial charge in [-0.05, 0) is 55.0 Å². The Morgan fingerprint density at radius 3 is 2.71 bits per heavy atom. The minimum absolute atomic E-state index is 0.585. The summed E-state index contributed by atoms with van der Waals surface area (Å²) in [6.07, 6.45) is 1.77. The predicted molar refractivity (Wildman–Crippen MR) is 94.0 cm³/mol. The summed E-state index contributed by atoms with van der Waals surface area (Å²) in [5, 5.41) is 0. The lowest BCUT2D eigenvalue weighted by Gasteiger charge is -2.09. The van der Waals surface area contributed by atoms with Gasteiger partial charge in [0.1, 0.15) is 11.3 Å². The minimum Gasteiger partial charge on any atom is -0.496 e. The first kappa shape index (κ1) is 14.5. The molecule has 0 aliphatic rings. The van der Waals surface area contributed by atoms with Crippen LogP contribution in [0, 0.1) is 6.92 Å². The molecule has 0 atom stereocenters. The standard InChI is InChI=1S/C20H16N2O2/c1-13-6-9-18-17(11-13)22-20(24-18)14-7-8-15(19(12-14)23-2)16-5-3-4-10-21-16/h3-12H,1-2H3. The summed E-state index contributed by atoms with van der Waals surface area (Å²) < 4.78 is 11.4. The van der Waals surface area contributed by atoms with Crippen LogP contribution in [0.2, 0.25) is 0 Å². The molecule has 0 aliphatic heterocycles. The Morgan fingerprint density at radius 1 is 1.00 bits per heavy atom. The fourth-order valence-electron chi connectivity index (χ4n) is 2.72. The molecule has 0 aliphatic carbocycles. The number of rotatable bonds is 3. The number of nitrogens with zero attached hydrogens (tertiary/aromatic N) is 2. The predicted octanol–water partition coefficient (Wildman–Crippen LogP) is 4.87. The van der Waals surface area contributed by atoms with E-state index >= 15 is 0 Å². The molecule has 2 heterocycles. The Balaban J connectivity index is 1.81. The SMILES string of the molecule is COc1cc(-c2nc3cc(C)ccc3o2)ccc1-c1ccccn1. The molecule has 4 rings (SSSR count). The molecule has 0 fully saturated rings. The molecule has 0 bridgehead atoms. The zero-order valence-corrected chi connectivity index (χ0v) is 13.5. The molecule has 118 valence electrons. The van der Waals surface area contributed by atoms with Crippen LogP contribution in [0.4, 0.5) is 0 Å². The number of fused-ring (bicyclic) bond motifs is 1. The fraction of sp³-hybridized carbons (Fsp3) is 0.100. The number of hydrogen-bond donors (Lipinski definition) is 0. The third kappa shape index (κ3) is 2.52. The molecule has 0 saturated carbocycles.